The Kier molecular flexibility index (Phi) is 3.67. The fraction of sp³-hybridized carbons (Fsp3) is 0.214. The molecule has 2 aromatic rings. The maximum Gasteiger partial charge on any atom is 0.350 e. The molecule has 3 nitrogen and oxygen atoms in total. The van der Waals surface area contributed by atoms with Gasteiger partial charge in [-0.2, -0.15) is 0 Å². The largest absolute Gasteiger partial charge is 0.465 e. The molecule has 0 saturated heterocycles. The zero-order valence-electron chi connectivity index (χ0n) is 10.4. The van der Waals surface area contributed by atoms with E-state index in [2.05, 4.69) is 6.92 Å². The van der Waals surface area contributed by atoms with Crippen LogP contribution in [0.5, 0.6) is 0 Å². The maximum atomic E-state index is 11.7. The third kappa shape index (κ3) is 2.11. The molecular weight excluding hydrogens is 246 g/mol. The van der Waals surface area contributed by atoms with E-state index in [1.165, 1.54) is 18.4 Å². The molecule has 0 saturated carbocycles. The van der Waals surface area contributed by atoms with E-state index in [0.717, 1.165) is 22.4 Å². The maximum absolute atomic E-state index is 11.7. The van der Waals surface area contributed by atoms with Crippen LogP contribution in [0.4, 0.5) is 5.69 Å². The summed E-state index contributed by atoms with van der Waals surface area (Å²) in [5, 5.41) is 0. The fourth-order valence-electron chi connectivity index (χ4n) is 1.91. The SMILES string of the molecule is CCc1sc(C(=O)OC)c(N)c1-c1ccccc1. The van der Waals surface area contributed by atoms with Crippen molar-refractivity contribution < 1.29 is 9.53 Å². The Morgan fingerprint density at radius 1 is 1.33 bits per heavy atom. The van der Waals surface area contributed by atoms with E-state index in [1.807, 2.05) is 30.3 Å². The first-order valence-electron chi connectivity index (χ1n) is 5.73. The van der Waals surface area contributed by atoms with E-state index >= 15 is 0 Å². The molecule has 0 fully saturated rings. The van der Waals surface area contributed by atoms with Gasteiger partial charge in [0.25, 0.3) is 0 Å². The lowest BCUT2D eigenvalue weighted by molar-refractivity contribution is 0.0607. The Balaban J connectivity index is 2.60. The third-order valence-corrected chi connectivity index (χ3v) is 4.10. The highest BCUT2D eigenvalue weighted by Crippen LogP contribution is 2.39. The van der Waals surface area contributed by atoms with Gasteiger partial charge >= 0.3 is 5.97 Å². The Bertz CT molecular complexity index is 561. The van der Waals surface area contributed by atoms with Gasteiger partial charge in [0, 0.05) is 10.4 Å². The molecule has 0 amide bonds. The number of ether oxygens (including phenoxy) is 1. The second-order valence-corrected chi connectivity index (χ2v) is 4.96. The van der Waals surface area contributed by atoms with Crippen LogP contribution in [-0.4, -0.2) is 13.1 Å². The van der Waals surface area contributed by atoms with Gasteiger partial charge in [-0.05, 0) is 12.0 Å². The van der Waals surface area contributed by atoms with Crippen LogP contribution in [0.3, 0.4) is 0 Å². The molecule has 1 aromatic carbocycles. The Hall–Kier alpha value is -1.81. The molecule has 0 radical (unpaired) electrons. The molecule has 0 bridgehead atoms. The van der Waals surface area contributed by atoms with Gasteiger partial charge in [-0.15, -0.1) is 11.3 Å². The van der Waals surface area contributed by atoms with Crippen molar-refractivity contribution in [1.82, 2.24) is 0 Å². The third-order valence-electron chi connectivity index (χ3n) is 2.77. The molecule has 2 N–H and O–H groups in total. The van der Waals surface area contributed by atoms with Crippen LogP contribution in [0.15, 0.2) is 30.3 Å². The Morgan fingerprint density at radius 2 is 2.00 bits per heavy atom. The van der Waals surface area contributed by atoms with E-state index in [9.17, 15) is 4.79 Å². The zero-order valence-corrected chi connectivity index (χ0v) is 11.2. The average molecular weight is 261 g/mol. The molecule has 1 heterocycles. The van der Waals surface area contributed by atoms with Gasteiger partial charge in [0.05, 0.1) is 12.8 Å². The van der Waals surface area contributed by atoms with E-state index < -0.39 is 0 Å². The van der Waals surface area contributed by atoms with Crippen molar-refractivity contribution in [3.63, 3.8) is 0 Å². The predicted molar refractivity (Wildman–Crippen MR) is 74.9 cm³/mol. The lowest BCUT2D eigenvalue weighted by atomic mass is 10.0. The lowest BCUT2D eigenvalue weighted by Gasteiger charge is -2.04. The number of esters is 1. The highest BCUT2D eigenvalue weighted by molar-refractivity contribution is 7.15. The van der Waals surface area contributed by atoms with E-state index in [-0.39, 0.29) is 5.97 Å². The molecule has 0 spiro atoms. The zero-order chi connectivity index (χ0) is 13.1. The second kappa shape index (κ2) is 5.23. The molecule has 94 valence electrons. The molecule has 0 aliphatic heterocycles. The summed E-state index contributed by atoms with van der Waals surface area (Å²) in [6.45, 7) is 2.05. The van der Waals surface area contributed by atoms with E-state index in [4.69, 9.17) is 10.5 Å². The minimum atomic E-state index is -0.366. The number of nitrogens with two attached hydrogens (primary N) is 1. The molecule has 2 rings (SSSR count). The molecule has 0 unspecified atom stereocenters. The molecule has 0 atom stereocenters. The normalized spacial score (nSPS) is 10.3. The van der Waals surface area contributed by atoms with Gasteiger partial charge in [-0.3, -0.25) is 0 Å². The first-order chi connectivity index (χ1) is 8.69. The summed E-state index contributed by atoms with van der Waals surface area (Å²) in [6, 6.07) is 9.88. The number of aryl methyl sites for hydroxylation is 1. The number of nitrogen functional groups attached to an aromatic ring is 1. The quantitative estimate of drug-likeness (QED) is 0.862. The number of hydrogen-bond acceptors (Lipinski definition) is 4. The van der Waals surface area contributed by atoms with Gasteiger partial charge in [0.2, 0.25) is 0 Å². The lowest BCUT2D eigenvalue weighted by Crippen LogP contribution is -2.02. The first kappa shape index (κ1) is 12.6. The van der Waals surface area contributed by atoms with Crippen LogP contribution >= 0.6 is 11.3 Å². The van der Waals surface area contributed by atoms with Crippen LogP contribution in [0.25, 0.3) is 11.1 Å². The van der Waals surface area contributed by atoms with Crippen molar-refractivity contribution in [2.24, 2.45) is 0 Å². The van der Waals surface area contributed by atoms with Gasteiger partial charge < -0.3 is 10.5 Å². The van der Waals surface area contributed by atoms with Crippen LogP contribution in [-0.2, 0) is 11.2 Å². The number of hydrogen-bond donors (Lipinski definition) is 1. The number of carbonyl (C=O) groups is 1. The smallest absolute Gasteiger partial charge is 0.350 e. The van der Waals surface area contributed by atoms with Crippen molar-refractivity contribution in [2.45, 2.75) is 13.3 Å². The highest BCUT2D eigenvalue weighted by atomic mass is 32.1. The summed E-state index contributed by atoms with van der Waals surface area (Å²) in [6.07, 6.45) is 0.843. The van der Waals surface area contributed by atoms with Crippen molar-refractivity contribution >= 4 is 23.0 Å². The van der Waals surface area contributed by atoms with Crippen molar-refractivity contribution in [3.8, 4) is 11.1 Å². The Labute approximate surface area is 110 Å². The second-order valence-electron chi connectivity index (χ2n) is 3.85. The first-order valence-corrected chi connectivity index (χ1v) is 6.55. The number of rotatable bonds is 3. The number of methoxy groups -OCH3 is 1. The van der Waals surface area contributed by atoms with Gasteiger partial charge in [0.15, 0.2) is 0 Å². The summed E-state index contributed by atoms with van der Waals surface area (Å²) < 4.78 is 4.76. The molecule has 1 aromatic heterocycles. The molecule has 4 heteroatoms. The number of thiophene rings is 1. The number of carbonyl (C=O) groups excluding carboxylic acids is 1. The highest BCUT2D eigenvalue weighted by Gasteiger charge is 2.21. The topological polar surface area (TPSA) is 52.3 Å². The minimum absolute atomic E-state index is 0.366. The molecular formula is C14H15NO2S. The summed E-state index contributed by atoms with van der Waals surface area (Å²) in [4.78, 5) is 13.3. The summed E-state index contributed by atoms with van der Waals surface area (Å²) in [5.41, 5.74) is 8.62. The standard InChI is InChI=1S/C14H15NO2S/c1-3-10-11(9-7-5-4-6-8-9)12(15)13(18-10)14(16)17-2/h4-8H,3,15H2,1-2H3. The number of anilines is 1. The molecule has 0 aliphatic carbocycles. The molecule has 0 aliphatic rings. The fourth-order valence-corrected chi connectivity index (χ4v) is 3.01. The van der Waals surface area contributed by atoms with Crippen LogP contribution in [0.1, 0.15) is 21.5 Å². The van der Waals surface area contributed by atoms with Crippen molar-refractivity contribution in [1.29, 1.82) is 0 Å². The van der Waals surface area contributed by atoms with E-state index in [0.29, 0.717) is 10.6 Å². The average Bonchev–Trinajstić information content (AvgIpc) is 2.75. The van der Waals surface area contributed by atoms with Crippen molar-refractivity contribution in [3.05, 3.63) is 40.1 Å². The summed E-state index contributed by atoms with van der Waals surface area (Å²) >= 11 is 1.41. The van der Waals surface area contributed by atoms with Crippen LogP contribution < -0.4 is 5.73 Å². The van der Waals surface area contributed by atoms with Crippen LogP contribution in [0, 0.1) is 0 Å². The van der Waals surface area contributed by atoms with Gasteiger partial charge in [0.1, 0.15) is 4.88 Å². The molecule has 18 heavy (non-hydrogen) atoms. The number of benzene rings is 1. The van der Waals surface area contributed by atoms with Gasteiger partial charge in [-0.25, -0.2) is 4.79 Å². The summed E-state index contributed by atoms with van der Waals surface area (Å²) in [7, 11) is 1.37. The Morgan fingerprint density at radius 3 is 2.56 bits per heavy atom. The van der Waals surface area contributed by atoms with Crippen LogP contribution in [0.2, 0.25) is 0 Å². The summed E-state index contributed by atoms with van der Waals surface area (Å²) in [5.74, 6) is -0.366. The van der Waals surface area contributed by atoms with E-state index in [1.54, 1.807) is 0 Å². The van der Waals surface area contributed by atoms with Gasteiger partial charge in [-0.1, -0.05) is 37.3 Å². The monoisotopic (exact) mass is 261 g/mol. The minimum Gasteiger partial charge on any atom is -0.465 e. The predicted octanol–water partition coefficient (Wildman–Crippen LogP) is 3.35. The van der Waals surface area contributed by atoms with Crippen molar-refractivity contribution in [2.75, 3.05) is 12.8 Å².